The number of carbonyl (C=O) groups is 1. The number of carbonyl (C=O) groups excluding carboxylic acids is 1. The second-order valence-electron chi connectivity index (χ2n) is 8.63. The molecule has 1 amide bonds. The Morgan fingerprint density at radius 3 is 2.58 bits per heavy atom. The summed E-state index contributed by atoms with van der Waals surface area (Å²) in [4.78, 5) is 17.4. The molecule has 3 atom stereocenters. The van der Waals surface area contributed by atoms with Gasteiger partial charge < -0.3 is 4.90 Å². The number of piperidine rings is 3. The van der Waals surface area contributed by atoms with Crippen LogP contribution in [0.5, 0.6) is 0 Å². The Morgan fingerprint density at radius 1 is 1.08 bits per heavy atom. The van der Waals surface area contributed by atoms with Crippen molar-refractivity contribution in [2.24, 2.45) is 11.8 Å². The molecule has 6 rings (SSSR count). The molecular formula is C21H26F2N2O. The number of nitrogens with zero attached hydrogens (tertiary/aromatic N) is 2. The van der Waals surface area contributed by atoms with Crippen molar-refractivity contribution in [1.29, 1.82) is 0 Å². The zero-order valence-corrected chi connectivity index (χ0v) is 15.0. The van der Waals surface area contributed by atoms with Crippen LogP contribution in [0.4, 0.5) is 8.78 Å². The summed E-state index contributed by atoms with van der Waals surface area (Å²) in [6.07, 6.45) is 6.34. The highest BCUT2D eigenvalue weighted by atomic mass is 19.2. The average molecular weight is 360 g/mol. The smallest absolute Gasteiger partial charge is 0.222 e. The topological polar surface area (TPSA) is 23.6 Å². The first-order chi connectivity index (χ1) is 12.6. The van der Waals surface area contributed by atoms with E-state index in [-0.39, 0.29) is 23.9 Å². The minimum absolute atomic E-state index is 0.122. The van der Waals surface area contributed by atoms with Crippen molar-refractivity contribution in [3.05, 3.63) is 35.4 Å². The van der Waals surface area contributed by atoms with Gasteiger partial charge in [-0.2, -0.15) is 0 Å². The van der Waals surface area contributed by atoms with Crippen molar-refractivity contribution in [2.75, 3.05) is 19.6 Å². The number of fused-ring (bicyclic) bond motifs is 2. The van der Waals surface area contributed by atoms with Crippen LogP contribution < -0.4 is 0 Å². The van der Waals surface area contributed by atoms with E-state index in [1.165, 1.54) is 18.9 Å². The van der Waals surface area contributed by atoms with E-state index in [4.69, 9.17) is 0 Å². The van der Waals surface area contributed by atoms with Gasteiger partial charge in [0.25, 0.3) is 0 Å². The van der Waals surface area contributed by atoms with E-state index in [9.17, 15) is 13.6 Å². The largest absolute Gasteiger partial charge is 0.337 e. The van der Waals surface area contributed by atoms with Gasteiger partial charge in [0, 0.05) is 24.9 Å². The predicted octanol–water partition coefficient (Wildman–Crippen LogP) is 3.54. The van der Waals surface area contributed by atoms with Crippen LogP contribution in [0.1, 0.15) is 50.0 Å². The van der Waals surface area contributed by atoms with Gasteiger partial charge in [0.1, 0.15) is 0 Å². The molecular weight excluding hydrogens is 334 g/mol. The van der Waals surface area contributed by atoms with Crippen LogP contribution >= 0.6 is 0 Å². The van der Waals surface area contributed by atoms with Gasteiger partial charge in [0.05, 0.1) is 6.04 Å². The lowest BCUT2D eigenvalue weighted by molar-refractivity contribution is -0.136. The molecule has 5 heteroatoms. The summed E-state index contributed by atoms with van der Waals surface area (Å²) in [5.74, 6) is -0.166. The maximum Gasteiger partial charge on any atom is 0.222 e. The van der Waals surface area contributed by atoms with E-state index in [1.54, 1.807) is 12.1 Å². The molecule has 0 spiro atoms. The minimum atomic E-state index is -0.784. The summed E-state index contributed by atoms with van der Waals surface area (Å²) in [7, 11) is 0. The molecule has 26 heavy (non-hydrogen) atoms. The lowest BCUT2D eigenvalue weighted by atomic mass is 9.75. The Morgan fingerprint density at radius 2 is 1.85 bits per heavy atom. The van der Waals surface area contributed by atoms with E-state index < -0.39 is 11.6 Å². The van der Waals surface area contributed by atoms with Crippen LogP contribution in [0.25, 0.3) is 0 Å². The van der Waals surface area contributed by atoms with E-state index in [1.807, 2.05) is 4.90 Å². The highest BCUT2D eigenvalue weighted by molar-refractivity contribution is 5.77. The fourth-order valence-electron chi connectivity index (χ4n) is 5.66. The highest BCUT2D eigenvalue weighted by Gasteiger charge is 2.55. The number of amides is 1. The first kappa shape index (κ1) is 16.7. The number of rotatable bonds is 4. The molecule has 0 N–H and O–H groups in total. The summed E-state index contributed by atoms with van der Waals surface area (Å²) in [6, 6.07) is 4.80. The zero-order chi connectivity index (χ0) is 17.8. The van der Waals surface area contributed by atoms with E-state index in [0.717, 1.165) is 38.3 Å². The number of hydrogen-bond donors (Lipinski definition) is 0. The first-order valence-corrected chi connectivity index (χ1v) is 10.1. The lowest BCUT2D eigenvalue weighted by Crippen LogP contribution is -2.60. The van der Waals surface area contributed by atoms with Crippen molar-refractivity contribution in [3.8, 4) is 0 Å². The molecule has 1 aliphatic carbocycles. The van der Waals surface area contributed by atoms with Crippen molar-refractivity contribution in [2.45, 2.75) is 56.5 Å². The van der Waals surface area contributed by atoms with Gasteiger partial charge in [0.2, 0.25) is 5.91 Å². The molecule has 1 aromatic carbocycles. The Kier molecular flexibility index (Phi) is 4.03. The monoisotopic (exact) mass is 360 g/mol. The van der Waals surface area contributed by atoms with Crippen LogP contribution in [0.2, 0.25) is 0 Å². The van der Waals surface area contributed by atoms with Gasteiger partial charge in [-0.1, -0.05) is 25.0 Å². The fourth-order valence-corrected chi connectivity index (χ4v) is 5.66. The van der Waals surface area contributed by atoms with Crippen LogP contribution in [0, 0.1) is 23.5 Å². The summed E-state index contributed by atoms with van der Waals surface area (Å²) in [5, 5.41) is 0. The Bertz CT molecular complexity index is 712. The van der Waals surface area contributed by atoms with E-state index in [2.05, 4.69) is 4.90 Å². The van der Waals surface area contributed by atoms with Gasteiger partial charge in [-0.05, 0) is 55.8 Å². The fraction of sp³-hybridized carbons (Fsp3) is 0.667. The second-order valence-corrected chi connectivity index (χ2v) is 8.63. The van der Waals surface area contributed by atoms with E-state index in [0.29, 0.717) is 24.4 Å². The maximum atomic E-state index is 14.5. The van der Waals surface area contributed by atoms with Gasteiger partial charge in [-0.3, -0.25) is 9.69 Å². The number of halogens is 2. The Balaban J connectivity index is 1.46. The minimum Gasteiger partial charge on any atom is -0.337 e. The van der Waals surface area contributed by atoms with Crippen LogP contribution in [0.3, 0.4) is 0 Å². The number of hydrogen-bond acceptors (Lipinski definition) is 2. The standard InChI is InChI=1S/C21H26F2N2O/c22-17-3-1-2-15(19(17)23)16-12-25(18(26)7-6-13-4-5-13)20-14-8-10-24(11-9-14)21(16)20/h1-3,13-14,16,20-21H,4-12H2/t16-,20+,21+/m0/s1. The molecule has 4 saturated heterocycles. The zero-order valence-electron chi connectivity index (χ0n) is 15.0. The quantitative estimate of drug-likeness (QED) is 0.820. The summed E-state index contributed by atoms with van der Waals surface area (Å²) < 4.78 is 28.4. The SMILES string of the molecule is O=C(CCC1CC1)N1C[C@@H](c2cccc(F)c2F)[C@@H]2[C@H]1C1CCN2CC1. The third kappa shape index (κ3) is 2.67. The molecule has 0 aromatic heterocycles. The third-order valence-corrected chi connectivity index (χ3v) is 7.16. The van der Waals surface area contributed by atoms with Crippen molar-refractivity contribution >= 4 is 5.91 Å². The Labute approximate surface area is 153 Å². The highest BCUT2D eigenvalue weighted by Crippen LogP contribution is 2.47. The summed E-state index contributed by atoms with van der Waals surface area (Å²) >= 11 is 0. The lowest BCUT2D eigenvalue weighted by Gasteiger charge is -2.51. The third-order valence-electron chi connectivity index (χ3n) is 7.16. The summed E-state index contributed by atoms with van der Waals surface area (Å²) in [5.41, 5.74) is 0.449. The summed E-state index contributed by atoms with van der Waals surface area (Å²) in [6.45, 7) is 2.57. The molecule has 3 nitrogen and oxygen atoms in total. The molecule has 1 aromatic rings. The normalized spacial score (nSPS) is 35.6. The van der Waals surface area contributed by atoms with Crippen molar-refractivity contribution < 1.29 is 13.6 Å². The number of benzene rings is 1. The van der Waals surface area contributed by atoms with Crippen molar-refractivity contribution in [1.82, 2.24) is 9.80 Å². The molecule has 1 saturated carbocycles. The molecule has 0 radical (unpaired) electrons. The predicted molar refractivity (Wildman–Crippen MR) is 94.6 cm³/mol. The number of likely N-dealkylation sites (tertiary alicyclic amines) is 1. The van der Waals surface area contributed by atoms with Crippen LogP contribution in [-0.2, 0) is 4.79 Å². The molecule has 5 aliphatic rings. The van der Waals surface area contributed by atoms with Crippen LogP contribution in [-0.4, -0.2) is 47.4 Å². The van der Waals surface area contributed by atoms with Gasteiger partial charge in [0.15, 0.2) is 11.6 Å². The van der Waals surface area contributed by atoms with Crippen LogP contribution in [0.15, 0.2) is 18.2 Å². The second kappa shape index (κ2) is 6.29. The maximum absolute atomic E-state index is 14.5. The average Bonchev–Trinajstić information content (AvgIpc) is 3.40. The molecule has 2 bridgehead atoms. The van der Waals surface area contributed by atoms with E-state index >= 15 is 0 Å². The molecule has 4 aliphatic heterocycles. The molecule has 0 unspecified atom stereocenters. The van der Waals surface area contributed by atoms with Gasteiger partial charge >= 0.3 is 0 Å². The Hall–Kier alpha value is -1.49. The first-order valence-electron chi connectivity index (χ1n) is 10.1. The molecule has 5 fully saturated rings. The van der Waals surface area contributed by atoms with Gasteiger partial charge in [-0.15, -0.1) is 0 Å². The van der Waals surface area contributed by atoms with Crippen molar-refractivity contribution in [3.63, 3.8) is 0 Å². The van der Waals surface area contributed by atoms with Gasteiger partial charge in [-0.25, -0.2) is 8.78 Å². The molecule has 140 valence electrons. The molecule has 4 heterocycles.